The van der Waals surface area contributed by atoms with Crippen molar-refractivity contribution in [2.24, 2.45) is 0 Å². The number of hydrogen-bond donors (Lipinski definition) is 0. The third-order valence-electron chi connectivity index (χ3n) is 1.90. The van der Waals surface area contributed by atoms with Gasteiger partial charge >= 0.3 is 0 Å². The van der Waals surface area contributed by atoms with Crippen LogP contribution in [0.3, 0.4) is 0 Å². The number of alkyl halides is 3. The second kappa shape index (κ2) is 5.03. The standard InChI is InChI=1S/C10H8BrClF2O/c1-5(15)9(12)6-2-3-8(11)7(4-6)10(13)14/h2-4,9-10H,1H3. The van der Waals surface area contributed by atoms with E-state index in [0.717, 1.165) is 0 Å². The molecular weight excluding hydrogens is 289 g/mol. The molecule has 0 saturated carbocycles. The minimum absolute atomic E-state index is 0.153. The molecule has 1 aromatic rings. The molecule has 0 fully saturated rings. The van der Waals surface area contributed by atoms with Crippen molar-refractivity contribution >= 4 is 33.3 Å². The Hall–Kier alpha value is -0.480. The molecule has 0 spiro atoms. The third-order valence-corrected chi connectivity index (χ3v) is 3.19. The fraction of sp³-hybridized carbons (Fsp3) is 0.300. The van der Waals surface area contributed by atoms with Crippen molar-refractivity contribution in [3.05, 3.63) is 33.8 Å². The van der Waals surface area contributed by atoms with Gasteiger partial charge in [-0.3, -0.25) is 4.79 Å². The monoisotopic (exact) mass is 296 g/mol. The van der Waals surface area contributed by atoms with Gasteiger partial charge in [0.25, 0.3) is 6.43 Å². The van der Waals surface area contributed by atoms with E-state index in [-0.39, 0.29) is 11.3 Å². The van der Waals surface area contributed by atoms with Crippen molar-refractivity contribution in [1.82, 2.24) is 0 Å². The van der Waals surface area contributed by atoms with Gasteiger partial charge in [-0.1, -0.05) is 22.0 Å². The number of carbonyl (C=O) groups is 1. The summed E-state index contributed by atoms with van der Waals surface area (Å²) in [5.41, 5.74) is 0.238. The number of Topliss-reactive ketones (excluding diaryl/α,β-unsaturated/α-hetero) is 1. The van der Waals surface area contributed by atoms with E-state index in [9.17, 15) is 13.6 Å². The van der Waals surface area contributed by atoms with Crippen LogP contribution in [0.5, 0.6) is 0 Å². The molecule has 0 amide bonds. The molecule has 1 atom stereocenters. The summed E-state index contributed by atoms with van der Waals surface area (Å²) in [7, 11) is 0. The Labute approximate surface area is 99.6 Å². The first kappa shape index (κ1) is 12.6. The minimum Gasteiger partial charge on any atom is -0.298 e. The van der Waals surface area contributed by atoms with Gasteiger partial charge in [0.2, 0.25) is 0 Å². The Kier molecular flexibility index (Phi) is 4.22. The van der Waals surface area contributed by atoms with Crippen LogP contribution in [0.25, 0.3) is 0 Å². The highest BCUT2D eigenvalue weighted by Crippen LogP contribution is 2.31. The Morgan fingerprint density at radius 2 is 2.07 bits per heavy atom. The molecule has 0 N–H and O–H groups in total. The first-order chi connectivity index (χ1) is 6.93. The van der Waals surface area contributed by atoms with Crippen molar-refractivity contribution in [3.63, 3.8) is 0 Å². The van der Waals surface area contributed by atoms with Crippen LogP contribution in [0.1, 0.15) is 29.9 Å². The largest absolute Gasteiger partial charge is 0.298 e. The summed E-state index contributed by atoms with van der Waals surface area (Å²) in [5.74, 6) is -0.265. The number of halogens is 4. The molecule has 0 aliphatic carbocycles. The van der Waals surface area contributed by atoms with E-state index >= 15 is 0 Å². The van der Waals surface area contributed by atoms with Gasteiger partial charge in [0.05, 0.1) is 0 Å². The zero-order chi connectivity index (χ0) is 11.6. The topological polar surface area (TPSA) is 17.1 Å². The van der Waals surface area contributed by atoms with Crippen molar-refractivity contribution in [2.45, 2.75) is 18.7 Å². The van der Waals surface area contributed by atoms with E-state index in [1.807, 2.05) is 0 Å². The number of benzene rings is 1. The van der Waals surface area contributed by atoms with Gasteiger partial charge in [-0.15, -0.1) is 11.6 Å². The predicted molar refractivity (Wildman–Crippen MR) is 58.4 cm³/mol. The van der Waals surface area contributed by atoms with Crippen LogP contribution in [0, 0.1) is 0 Å². The number of carbonyl (C=O) groups excluding carboxylic acids is 1. The third kappa shape index (κ3) is 2.98. The summed E-state index contributed by atoms with van der Waals surface area (Å²) in [4.78, 5) is 11.0. The van der Waals surface area contributed by atoms with E-state index in [1.54, 1.807) is 6.07 Å². The average molecular weight is 298 g/mol. The second-order valence-corrected chi connectivity index (χ2v) is 4.35. The normalized spacial score (nSPS) is 12.9. The summed E-state index contributed by atoms with van der Waals surface area (Å²) >= 11 is 8.77. The summed E-state index contributed by atoms with van der Waals surface area (Å²) in [6.07, 6.45) is -2.59. The van der Waals surface area contributed by atoms with Gasteiger partial charge in [-0.2, -0.15) is 0 Å². The Bertz CT molecular complexity index is 382. The molecule has 5 heteroatoms. The van der Waals surface area contributed by atoms with Gasteiger partial charge in [-0.25, -0.2) is 8.78 Å². The molecule has 82 valence electrons. The SMILES string of the molecule is CC(=O)C(Cl)c1ccc(Br)c(C(F)F)c1. The Morgan fingerprint density at radius 1 is 1.47 bits per heavy atom. The maximum absolute atomic E-state index is 12.5. The smallest absolute Gasteiger partial charge is 0.264 e. The number of rotatable bonds is 3. The lowest BCUT2D eigenvalue weighted by Crippen LogP contribution is -2.02. The van der Waals surface area contributed by atoms with Crippen molar-refractivity contribution in [1.29, 1.82) is 0 Å². The second-order valence-electron chi connectivity index (χ2n) is 3.05. The molecule has 0 radical (unpaired) electrons. The zero-order valence-corrected chi connectivity index (χ0v) is 10.1. The first-order valence-corrected chi connectivity index (χ1v) is 5.38. The van der Waals surface area contributed by atoms with Gasteiger partial charge in [-0.05, 0) is 24.6 Å². The summed E-state index contributed by atoms with van der Waals surface area (Å²) in [6.45, 7) is 1.32. The highest BCUT2D eigenvalue weighted by atomic mass is 79.9. The minimum atomic E-state index is -2.59. The summed E-state index contributed by atoms with van der Waals surface area (Å²) in [5, 5.41) is -0.865. The summed E-state index contributed by atoms with van der Waals surface area (Å²) in [6, 6.07) is 4.26. The molecule has 15 heavy (non-hydrogen) atoms. The van der Waals surface area contributed by atoms with Crippen LogP contribution in [0.2, 0.25) is 0 Å². The first-order valence-electron chi connectivity index (χ1n) is 4.15. The van der Waals surface area contributed by atoms with E-state index in [0.29, 0.717) is 10.0 Å². The van der Waals surface area contributed by atoms with Crippen molar-refractivity contribution < 1.29 is 13.6 Å². The van der Waals surface area contributed by atoms with Crippen LogP contribution in [0.15, 0.2) is 22.7 Å². The van der Waals surface area contributed by atoms with Crippen molar-refractivity contribution in [3.8, 4) is 0 Å². The Balaban J connectivity index is 3.13. The van der Waals surface area contributed by atoms with E-state index in [2.05, 4.69) is 15.9 Å². The molecule has 1 rings (SSSR count). The highest BCUT2D eigenvalue weighted by Gasteiger charge is 2.17. The molecule has 1 aromatic carbocycles. The number of hydrogen-bond acceptors (Lipinski definition) is 1. The van der Waals surface area contributed by atoms with Crippen LogP contribution < -0.4 is 0 Å². The fourth-order valence-electron chi connectivity index (χ4n) is 1.12. The maximum Gasteiger partial charge on any atom is 0.264 e. The van der Waals surface area contributed by atoms with Crippen molar-refractivity contribution in [2.75, 3.05) is 0 Å². The molecule has 0 heterocycles. The van der Waals surface area contributed by atoms with Gasteiger partial charge in [0, 0.05) is 10.0 Å². The molecule has 0 aromatic heterocycles. The maximum atomic E-state index is 12.5. The molecule has 1 unspecified atom stereocenters. The zero-order valence-electron chi connectivity index (χ0n) is 7.81. The number of ketones is 1. The molecule has 0 aliphatic heterocycles. The Morgan fingerprint density at radius 3 is 2.53 bits per heavy atom. The average Bonchev–Trinajstić information content (AvgIpc) is 2.16. The van der Waals surface area contributed by atoms with Crippen LogP contribution in [0.4, 0.5) is 8.78 Å². The molecular formula is C10H8BrClF2O. The quantitative estimate of drug-likeness (QED) is 0.762. The summed E-state index contributed by atoms with van der Waals surface area (Å²) < 4.78 is 25.3. The van der Waals surface area contributed by atoms with Crippen LogP contribution in [-0.2, 0) is 4.79 Å². The molecule has 1 nitrogen and oxygen atoms in total. The molecule has 0 aliphatic rings. The fourth-order valence-corrected chi connectivity index (χ4v) is 1.68. The lowest BCUT2D eigenvalue weighted by atomic mass is 10.1. The lowest BCUT2D eigenvalue weighted by Gasteiger charge is -2.09. The lowest BCUT2D eigenvalue weighted by molar-refractivity contribution is -0.116. The van der Waals surface area contributed by atoms with Gasteiger partial charge < -0.3 is 0 Å². The van der Waals surface area contributed by atoms with E-state index in [4.69, 9.17) is 11.6 Å². The molecule has 0 saturated heterocycles. The highest BCUT2D eigenvalue weighted by molar-refractivity contribution is 9.10. The van der Waals surface area contributed by atoms with E-state index in [1.165, 1.54) is 19.1 Å². The van der Waals surface area contributed by atoms with Crippen LogP contribution >= 0.6 is 27.5 Å². The van der Waals surface area contributed by atoms with Gasteiger partial charge in [0.1, 0.15) is 5.38 Å². The molecule has 0 bridgehead atoms. The predicted octanol–water partition coefficient (Wildman–Crippen LogP) is 4.26. The van der Waals surface area contributed by atoms with Crippen LogP contribution in [-0.4, -0.2) is 5.78 Å². The van der Waals surface area contributed by atoms with E-state index < -0.39 is 11.8 Å². The van der Waals surface area contributed by atoms with Gasteiger partial charge in [0.15, 0.2) is 5.78 Å².